The highest BCUT2D eigenvalue weighted by molar-refractivity contribution is 5.53. The lowest BCUT2D eigenvalue weighted by Gasteiger charge is -2.31. The summed E-state index contributed by atoms with van der Waals surface area (Å²) < 4.78 is 0. The smallest absolute Gasteiger partial charge is 0.122 e. The lowest BCUT2D eigenvalue weighted by molar-refractivity contribution is 0.175. The molecule has 0 bridgehead atoms. The maximum Gasteiger partial charge on any atom is 0.122 e. The van der Waals surface area contributed by atoms with Gasteiger partial charge in [-0.3, -0.25) is 4.90 Å². The predicted molar refractivity (Wildman–Crippen MR) is 85.3 cm³/mol. The van der Waals surface area contributed by atoms with Gasteiger partial charge in [0.2, 0.25) is 0 Å². The number of hydrogen-bond acceptors (Lipinski definition) is 3. The van der Waals surface area contributed by atoms with Crippen LogP contribution >= 0.6 is 0 Å². The van der Waals surface area contributed by atoms with Gasteiger partial charge in [-0.1, -0.05) is 13.0 Å². The van der Waals surface area contributed by atoms with Crippen molar-refractivity contribution in [2.75, 3.05) is 31.1 Å². The average Bonchev–Trinajstić information content (AvgIpc) is 2.43. The van der Waals surface area contributed by atoms with Gasteiger partial charge >= 0.3 is 0 Å². The molecule has 20 heavy (non-hydrogen) atoms. The SMILES string of the molecule is CCN(CC)c1ccc(CN2CCC[C@H](C)C2)c(O)c1. The van der Waals surface area contributed by atoms with Crippen molar-refractivity contribution in [2.24, 2.45) is 5.92 Å². The van der Waals surface area contributed by atoms with Crippen LogP contribution in [0.2, 0.25) is 0 Å². The third-order valence-electron chi connectivity index (χ3n) is 4.33. The number of piperidine rings is 1. The lowest BCUT2D eigenvalue weighted by Crippen LogP contribution is -2.33. The van der Waals surface area contributed by atoms with Gasteiger partial charge in [0.25, 0.3) is 0 Å². The van der Waals surface area contributed by atoms with Crippen molar-refractivity contribution in [1.29, 1.82) is 0 Å². The highest BCUT2D eigenvalue weighted by atomic mass is 16.3. The van der Waals surface area contributed by atoms with Gasteiger partial charge in [-0.15, -0.1) is 0 Å². The zero-order valence-corrected chi connectivity index (χ0v) is 13.1. The van der Waals surface area contributed by atoms with Crippen molar-refractivity contribution in [2.45, 2.75) is 40.2 Å². The monoisotopic (exact) mass is 276 g/mol. The van der Waals surface area contributed by atoms with Crippen LogP contribution in [0.25, 0.3) is 0 Å². The summed E-state index contributed by atoms with van der Waals surface area (Å²) in [6.07, 6.45) is 2.61. The fourth-order valence-electron chi connectivity index (χ4n) is 3.14. The van der Waals surface area contributed by atoms with Gasteiger partial charge in [0.1, 0.15) is 5.75 Å². The third-order valence-corrected chi connectivity index (χ3v) is 4.33. The molecule has 1 fully saturated rings. The van der Waals surface area contributed by atoms with Crippen LogP contribution in [0.1, 0.15) is 39.2 Å². The summed E-state index contributed by atoms with van der Waals surface area (Å²) in [5.74, 6) is 1.22. The Morgan fingerprint density at radius 2 is 2.05 bits per heavy atom. The van der Waals surface area contributed by atoms with Crippen molar-refractivity contribution >= 4 is 5.69 Å². The van der Waals surface area contributed by atoms with E-state index >= 15 is 0 Å². The van der Waals surface area contributed by atoms with Crippen molar-refractivity contribution in [1.82, 2.24) is 4.90 Å². The van der Waals surface area contributed by atoms with E-state index in [1.54, 1.807) is 0 Å². The number of benzene rings is 1. The van der Waals surface area contributed by atoms with Gasteiger partial charge in [0.05, 0.1) is 0 Å². The number of hydrogen-bond donors (Lipinski definition) is 1. The zero-order valence-electron chi connectivity index (χ0n) is 13.1. The lowest BCUT2D eigenvalue weighted by atomic mass is 9.99. The first-order chi connectivity index (χ1) is 9.63. The van der Waals surface area contributed by atoms with E-state index in [2.05, 4.69) is 42.7 Å². The number of nitrogens with zero attached hydrogens (tertiary/aromatic N) is 2. The van der Waals surface area contributed by atoms with Crippen LogP contribution in [-0.4, -0.2) is 36.2 Å². The molecule has 0 aliphatic carbocycles. The van der Waals surface area contributed by atoms with Gasteiger partial charge < -0.3 is 10.0 Å². The molecule has 2 rings (SSSR count). The summed E-state index contributed by atoms with van der Waals surface area (Å²) in [4.78, 5) is 4.72. The number of rotatable bonds is 5. The van der Waals surface area contributed by atoms with Gasteiger partial charge in [0, 0.05) is 43.5 Å². The highest BCUT2D eigenvalue weighted by Crippen LogP contribution is 2.27. The minimum absolute atomic E-state index is 0.438. The molecule has 0 amide bonds. The summed E-state index contributed by atoms with van der Waals surface area (Å²) >= 11 is 0. The molecule has 0 saturated carbocycles. The van der Waals surface area contributed by atoms with E-state index in [1.807, 2.05) is 6.07 Å². The minimum atomic E-state index is 0.438. The Hall–Kier alpha value is -1.22. The van der Waals surface area contributed by atoms with Crippen LogP contribution in [0.5, 0.6) is 5.75 Å². The molecule has 1 aromatic rings. The first kappa shape index (κ1) is 15.2. The second-order valence-corrected chi connectivity index (χ2v) is 5.97. The van der Waals surface area contributed by atoms with Crippen LogP contribution in [0.3, 0.4) is 0 Å². The van der Waals surface area contributed by atoms with Gasteiger partial charge in [-0.2, -0.15) is 0 Å². The summed E-state index contributed by atoms with van der Waals surface area (Å²) in [7, 11) is 0. The van der Waals surface area contributed by atoms with E-state index in [0.717, 1.165) is 49.9 Å². The molecule has 0 radical (unpaired) electrons. The van der Waals surface area contributed by atoms with Crippen LogP contribution in [-0.2, 0) is 6.54 Å². The molecule has 1 aliphatic rings. The van der Waals surface area contributed by atoms with Gasteiger partial charge in [0.15, 0.2) is 0 Å². The minimum Gasteiger partial charge on any atom is -0.508 e. The summed E-state index contributed by atoms with van der Waals surface area (Å²) in [6.45, 7) is 11.7. The zero-order chi connectivity index (χ0) is 14.5. The largest absolute Gasteiger partial charge is 0.508 e. The van der Waals surface area contributed by atoms with Crippen molar-refractivity contribution in [3.05, 3.63) is 23.8 Å². The van der Waals surface area contributed by atoms with Crippen LogP contribution in [0, 0.1) is 5.92 Å². The van der Waals surface area contributed by atoms with E-state index in [0.29, 0.717) is 5.75 Å². The number of phenolic OH excluding ortho intramolecular Hbond substituents is 1. The molecular formula is C17H28N2O. The molecule has 1 N–H and O–H groups in total. The Labute approximate surface area is 123 Å². The standard InChI is InChI=1S/C17H28N2O/c1-4-19(5-2)16-9-8-15(17(20)11-16)13-18-10-6-7-14(3)12-18/h8-9,11,14,20H,4-7,10,12-13H2,1-3H3/t14-/m0/s1. The maximum absolute atomic E-state index is 10.3. The molecular weight excluding hydrogens is 248 g/mol. The molecule has 0 unspecified atom stereocenters. The molecule has 1 atom stereocenters. The van der Waals surface area contributed by atoms with Crippen molar-refractivity contribution in [3.63, 3.8) is 0 Å². The molecule has 1 aliphatic heterocycles. The quantitative estimate of drug-likeness (QED) is 0.892. The molecule has 1 saturated heterocycles. The molecule has 0 spiro atoms. The normalized spacial score (nSPS) is 20.1. The number of aromatic hydroxyl groups is 1. The highest BCUT2D eigenvalue weighted by Gasteiger charge is 2.17. The molecule has 1 aromatic carbocycles. The first-order valence-electron chi connectivity index (χ1n) is 7.93. The molecule has 1 heterocycles. The molecule has 3 nitrogen and oxygen atoms in total. The molecule has 3 heteroatoms. The Kier molecular flexibility index (Phi) is 5.30. The van der Waals surface area contributed by atoms with E-state index in [9.17, 15) is 5.11 Å². The van der Waals surface area contributed by atoms with E-state index in [1.165, 1.54) is 12.8 Å². The second-order valence-electron chi connectivity index (χ2n) is 5.97. The van der Waals surface area contributed by atoms with Crippen molar-refractivity contribution < 1.29 is 5.11 Å². The summed E-state index contributed by atoms with van der Waals surface area (Å²) in [6, 6.07) is 6.13. The fourth-order valence-corrected chi connectivity index (χ4v) is 3.14. The number of phenols is 1. The topological polar surface area (TPSA) is 26.7 Å². The number of likely N-dealkylation sites (tertiary alicyclic amines) is 1. The fraction of sp³-hybridized carbons (Fsp3) is 0.647. The third kappa shape index (κ3) is 3.66. The Balaban J connectivity index is 2.05. The van der Waals surface area contributed by atoms with Crippen LogP contribution < -0.4 is 4.90 Å². The van der Waals surface area contributed by atoms with Gasteiger partial charge in [-0.05, 0) is 45.2 Å². The van der Waals surface area contributed by atoms with E-state index in [4.69, 9.17) is 0 Å². The van der Waals surface area contributed by atoms with Crippen LogP contribution in [0.15, 0.2) is 18.2 Å². The summed E-state index contributed by atoms with van der Waals surface area (Å²) in [5, 5.41) is 10.3. The van der Waals surface area contributed by atoms with Gasteiger partial charge in [-0.25, -0.2) is 0 Å². The number of anilines is 1. The molecule has 112 valence electrons. The predicted octanol–water partition coefficient (Wildman–Crippen LogP) is 3.47. The van der Waals surface area contributed by atoms with E-state index in [-0.39, 0.29) is 0 Å². The Morgan fingerprint density at radius 1 is 1.30 bits per heavy atom. The van der Waals surface area contributed by atoms with Crippen molar-refractivity contribution in [3.8, 4) is 5.75 Å². The Morgan fingerprint density at radius 3 is 2.65 bits per heavy atom. The van der Waals surface area contributed by atoms with Crippen LogP contribution in [0.4, 0.5) is 5.69 Å². The average molecular weight is 276 g/mol. The summed E-state index contributed by atoms with van der Waals surface area (Å²) in [5.41, 5.74) is 2.17. The second kappa shape index (κ2) is 6.98. The maximum atomic E-state index is 10.3. The Bertz CT molecular complexity index is 429. The van der Waals surface area contributed by atoms with E-state index < -0.39 is 0 Å². The first-order valence-corrected chi connectivity index (χ1v) is 7.93. The molecule has 0 aromatic heterocycles.